The van der Waals surface area contributed by atoms with E-state index >= 15 is 0 Å². The van der Waals surface area contributed by atoms with Crippen LogP contribution < -0.4 is 5.32 Å². The molecule has 1 aliphatic rings. The molecule has 2 aromatic carbocycles. The lowest BCUT2D eigenvalue weighted by atomic mass is 9.87. The van der Waals surface area contributed by atoms with Crippen LogP contribution in [0.4, 0.5) is 17.6 Å². The molecule has 10 heteroatoms. The maximum Gasteiger partial charge on any atom is 0.490 e. The minimum atomic E-state index is -5.08. The van der Waals surface area contributed by atoms with Gasteiger partial charge in [0.15, 0.2) is 0 Å². The highest BCUT2D eigenvalue weighted by molar-refractivity contribution is 7.12. The van der Waals surface area contributed by atoms with Gasteiger partial charge < -0.3 is 10.4 Å². The third kappa shape index (κ3) is 8.90. The van der Waals surface area contributed by atoms with Crippen LogP contribution in [-0.4, -0.2) is 47.7 Å². The van der Waals surface area contributed by atoms with Gasteiger partial charge in [0.1, 0.15) is 5.82 Å². The SMILES string of the molecule is CC(C)(C)c1ccc(CN2CCC(CNC(=O)c3cc(-c4ccccc4F)cs3)C2)cc1.O=C(O)C(F)(F)F. The second-order valence-electron chi connectivity index (χ2n) is 10.5. The molecule has 210 valence electrons. The van der Waals surface area contributed by atoms with E-state index in [1.54, 1.807) is 24.3 Å². The van der Waals surface area contributed by atoms with Crippen LogP contribution in [0.1, 0.15) is 48.0 Å². The molecule has 1 atom stereocenters. The fourth-order valence-electron chi connectivity index (χ4n) is 4.21. The number of carbonyl (C=O) groups is 2. The summed E-state index contributed by atoms with van der Waals surface area (Å²) >= 11 is 1.36. The van der Waals surface area contributed by atoms with Crippen molar-refractivity contribution in [3.63, 3.8) is 0 Å². The minimum Gasteiger partial charge on any atom is -0.475 e. The van der Waals surface area contributed by atoms with Crippen LogP contribution in [0.5, 0.6) is 0 Å². The van der Waals surface area contributed by atoms with Gasteiger partial charge in [-0.2, -0.15) is 13.2 Å². The van der Waals surface area contributed by atoms with Crippen molar-refractivity contribution in [3.05, 3.63) is 81.8 Å². The van der Waals surface area contributed by atoms with Crippen LogP contribution in [0.25, 0.3) is 11.1 Å². The lowest BCUT2D eigenvalue weighted by Crippen LogP contribution is -2.30. The van der Waals surface area contributed by atoms with E-state index in [1.165, 1.54) is 28.5 Å². The van der Waals surface area contributed by atoms with Gasteiger partial charge in [0, 0.05) is 25.2 Å². The third-order valence-corrected chi connectivity index (χ3v) is 7.33. The molecule has 1 unspecified atom stereocenters. The van der Waals surface area contributed by atoms with Crippen molar-refractivity contribution in [2.75, 3.05) is 19.6 Å². The predicted octanol–water partition coefficient (Wildman–Crippen LogP) is 6.74. The Morgan fingerprint density at radius 1 is 1.08 bits per heavy atom. The molecule has 2 N–H and O–H groups in total. The van der Waals surface area contributed by atoms with Crippen LogP contribution in [0.15, 0.2) is 60.0 Å². The molecule has 1 aliphatic heterocycles. The van der Waals surface area contributed by atoms with Gasteiger partial charge in [0.05, 0.1) is 4.88 Å². The number of nitrogens with one attached hydrogen (secondary N) is 1. The van der Waals surface area contributed by atoms with Crippen molar-refractivity contribution in [1.29, 1.82) is 0 Å². The first-order valence-electron chi connectivity index (χ1n) is 12.5. The standard InChI is InChI=1S/C27H31FN2OS.C2HF3O2/c1-27(2,3)22-10-8-19(9-11-22)16-30-13-12-20(17-30)15-29-26(31)25-14-21(18-32-25)23-6-4-5-7-24(23)28;3-2(4,5)1(6)7/h4-11,14,18,20H,12-13,15-17H2,1-3H3,(H,29,31);(H,6,7). The molecule has 0 radical (unpaired) electrons. The number of nitrogens with zero attached hydrogens (tertiary/aromatic N) is 1. The summed E-state index contributed by atoms with van der Waals surface area (Å²) < 4.78 is 45.7. The van der Waals surface area contributed by atoms with Gasteiger partial charge >= 0.3 is 12.1 Å². The molecular formula is C29H32F4N2O3S. The average Bonchev–Trinajstić information content (AvgIpc) is 3.52. The smallest absolute Gasteiger partial charge is 0.475 e. The lowest BCUT2D eigenvalue weighted by Gasteiger charge is -2.20. The summed E-state index contributed by atoms with van der Waals surface area (Å²) in [5.74, 6) is -2.64. The first-order valence-corrected chi connectivity index (χ1v) is 13.4. The third-order valence-electron chi connectivity index (χ3n) is 6.40. The summed E-state index contributed by atoms with van der Waals surface area (Å²) in [5.41, 5.74) is 4.15. The molecule has 2 heterocycles. The predicted molar refractivity (Wildman–Crippen MR) is 144 cm³/mol. The maximum absolute atomic E-state index is 14.0. The van der Waals surface area contributed by atoms with Crippen molar-refractivity contribution in [2.45, 2.75) is 45.3 Å². The summed E-state index contributed by atoms with van der Waals surface area (Å²) in [5, 5.41) is 12.0. The molecule has 1 fully saturated rings. The van der Waals surface area contributed by atoms with Crippen LogP contribution >= 0.6 is 11.3 Å². The van der Waals surface area contributed by atoms with E-state index in [1.807, 2.05) is 5.38 Å². The number of rotatable bonds is 6. The average molecular weight is 565 g/mol. The molecule has 5 nitrogen and oxygen atoms in total. The highest BCUT2D eigenvalue weighted by atomic mass is 32.1. The van der Waals surface area contributed by atoms with E-state index in [0.717, 1.165) is 31.6 Å². The number of likely N-dealkylation sites (tertiary alicyclic amines) is 1. The van der Waals surface area contributed by atoms with Gasteiger partial charge in [-0.15, -0.1) is 11.3 Å². The normalized spacial score (nSPS) is 15.9. The molecule has 39 heavy (non-hydrogen) atoms. The zero-order chi connectivity index (χ0) is 28.8. The van der Waals surface area contributed by atoms with Crippen molar-refractivity contribution in [3.8, 4) is 11.1 Å². The van der Waals surface area contributed by atoms with Gasteiger partial charge in [-0.25, -0.2) is 9.18 Å². The fourth-order valence-corrected chi connectivity index (χ4v) is 5.03. The molecule has 3 aromatic rings. The first-order chi connectivity index (χ1) is 18.2. The number of carboxylic acid groups (broad SMARTS) is 1. The Hall–Kier alpha value is -3.24. The molecule has 1 aromatic heterocycles. The van der Waals surface area contributed by atoms with Crippen LogP contribution in [0.2, 0.25) is 0 Å². The molecule has 0 spiro atoms. The summed E-state index contributed by atoms with van der Waals surface area (Å²) in [6.45, 7) is 10.4. The van der Waals surface area contributed by atoms with E-state index in [-0.39, 0.29) is 17.1 Å². The molecule has 0 aliphatic carbocycles. The van der Waals surface area contributed by atoms with Crippen molar-refractivity contribution < 1.29 is 32.3 Å². The number of hydrogen-bond acceptors (Lipinski definition) is 4. The summed E-state index contributed by atoms with van der Waals surface area (Å²) in [4.78, 5) is 24.6. The highest BCUT2D eigenvalue weighted by Crippen LogP contribution is 2.28. The number of thiophene rings is 1. The van der Waals surface area contributed by atoms with Crippen LogP contribution in [0, 0.1) is 11.7 Å². The number of alkyl halides is 3. The van der Waals surface area contributed by atoms with E-state index in [2.05, 4.69) is 55.3 Å². The van der Waals surface area contributed by atoms with Gasteiger partial charge in [-0.05, 0) is 58.5 Å². The van der Waals surface area contributed by atoms with Crippen molar-refractivity contribution >= 4 is 23.2 Å². The molecular weight excluding hydrogens is 532 g/mol. The Balaban J connectivity index is 0.000000532. The Bertz CT molecular complexity index is 1270. The molecule has 1 saturated heterocycles. The lowest BCUT2D eigenvalue weighted by molar-refractivity contribution is -0.192. The van der Waals surface area contributed by atoms with Crippen molar-refractivity contribution in [2.24, 2.45) is 5.92 Å². The number of halogens is 4. The summed E-state index contributed by atoms with van der Waals surface area (Å²) in [6, 6.07) is 17.4. The fraction of sp³-hybridized carbons (Fsp3) is 0.379. The second kappa shape index (κ2) is 12.7. The highest BCUT2D eigenvalue weighted by Gasteiger charge is 2.38. The van der Waals surface area contributed by atoms with Crippen LogP contribution in [-0.2, 0) is 16.8 Å². The largest absolute Gasteiger partial charge is 0.490 e. The number of carbonyl (C=O) groups excluding carboxylic acids is 1. The number of carboxylic acids is 1. The summed E-state index contributed by atoms with van der Waals surface area (Å²) in [7, 11) is 0. The topological polar surface area (TPSA) is 69.6 Å². The van der Waals surface area contributed by atoms with E-state index in [9.17, 15) is 22.4 Å². The zero-order valence-electron chi connectivity index (χ0n) is 22.0. The van der Waals surface area contributed by atoms with Gasteiger partial charge in [-0.3, -0.25) is 9.69 Å². The second-order valence-corrected chi connectivity index (χ2v) is 11.4. The molecule has 1 amide bonds. The molecule has 0 bridgehead atoms. The maximum atomic E-state index is 14.0. The number of benzene rings is 2. The van der Waals surface area contributed by atoms with Crippen molar-refractivity contribution in [1.82, 2.24) is 10.2 Å². The Kier molecular flexibility index (Phi) is 9.90. The minimum absolute atomic E-state index is 0.0752. The van der Waals surface area contributed by atoms with Crippen LogP contribution in [0.3, 0.4) is 0 Å². The van der Waals surface area contributed by atoms with Gasteiger partial charge in [0.2, 0.25) is 0 Å². The molecule has 4 rings (SSSR count). The van der Waals surface area contributed by atoms with Gasteiger partial charge in [0.25, 0.3) is 5.91 Å². The Morgan fingerprint density at radius 2 is 1.72 bits per heavy atom. The molecule has 0 saturated carbocycles. The zero-order valence-corrected chi connectivity index (χ0v) is 22.8. The van der Waals surface area contributed by atoms with E-state index in [0.29, 0.717) is 22.9 Å². The number of aliphatic carboxylic acids is 1. The summed E-state index contributed by atoms with van der Waals surface area (Å²) in [6.07, 6.45) is -3.99. The van der Waals surface area contributed by atoms with Gasteiger partial charge in [-0.1, -0.05) is 63.2 Å². The van der Waals surface area contributed by atoms with E-state index < -0.39 is 12.1 Å². The monoisotopic (exact) mass is 564 g/mol. The first kappa shape index (κ1) is 30.3. The van der Waals surface area contributed by atoms with E-state index in [4.69, 9.17) is 9.90 Å². The number of amides is 1. The quantitative estimate of drug-likeness (QED) is 0.326. The number of hydrogen-bond donors (Lipinski definition) is 2. The Morgan fingerprint density at radius 3 is 2.31 bits per heavy atom. The Labute approximate surface area is 229 Å².